The van der Waals surface area contributed by atoms with Crippen molar-refractivity contribution in [2.24, 2.45) is 5.41 Å². The number of ether oxygens (including phenoxy) is 1. The van der Waals surface area contributed by atoms with Crippen LogP contribution in [0.4, 0.5) is 0 Å². The maximum atomic E-state index is 9.75. The molecule has 100 valence electrons. The Bertz CT molecular complexity index is 250. The van der Waals surface area contributed by atoms with Gasteiger partial charge in [-0.3, -0.25) is 5.32 Å². The summed E-state index contributed by atoms with van der Waals surface area (Å²) in [4.78, 5) is 0. The molecule has 1 aliphatic heterocycles. The Morgan fingerprint density at radius 3 is 2.35 bits per heavy atom. The van der Waals surface area contributed by atoms with Crippen molar-refractivity contribution in [3.8, 4) is 0 Å². The van der Waals surface area contributed by atoms with E-state index in [9.17, 15) is 5.11 Å². The Kier molecular flexibility index (Phi) is 5.59. The zero-order valence-corrected chi connectivity index (χ0v) is 11.3. The van der Waals surface area contributed by atoms with Crippen LogP contribution in [0.15, 0.2) is 12.2 Å². The zero-order valence-electron chi connectivity index (χ0n) is 11.3. The van der Waals surface area contributed by atoms with Gasteiger partial charge in [-0.15, -0.1) is 0 Å². The molecule has 0 spiro atoms. The molecule has 1 rings (SSSR count). The van der Waals surface area contributed by atoms with Gasteiger partial charge < -0.3 is 15.2 Å². The molecule has 1 saturated heterocycles. The van der Waals surface area contributed by atoms with Crippen molar-refractivity contribution in [1.29, 1.82) is 0 Å². The Morgan fingerprint density at radius 1 is 1.35 bits per heavy atom. The van der Waals surface area contributed by atoms with Gasteiger partial charge in [0.15, 0.2) is 0 Å². The van der Waals surface area contributed by atoms with Crippen LogP contribution >= 0.6 is 0 Å². The average Bonchev–Trinajstić information content (AvgIpc) is 2.14. The fraction of sp³-hybridized carbons (Fsp3) is 0.846. The fourth-order valence-corrected chi connectivity index (χ4v) is 1.81. The van der Waals surface area contributed by atoms with Crippen LogP contribution < -0.4 is 10.6 Å². The number of nitrogens with one attached hydrogen (secondary N) is 2. The average molecular weight is 242 g/mol. The summed E-state index contributed by atoms with van der Waals surface area (Å²) in [5, 5.41) is 16.3. The Balaban J connectivity index is 2.28. The van der Waals surface area contributed by atoms with Gasteiger partial charge in [0.2, 0.25) is 0 Å². The first-order chi connectivity index (χ1) is 7.93. The number of aliphatic hydroxyl groups excluding tert-OH is 1. The summed E-state index contributed by atoms with van der Waals surface area (Å²) in [6.45, 7) is 13.2. The highest BCUT2D eigenvalue weighted by atomic mass is 16.5. The van der Waals surface area contributed by atoms with E-state index in [2.05, 4.69) is 31.1 Å². The molecule has 0 radical (unpaired) electrons. The van der Waals surface area contributed by atoms with Crippen LogP contribution in [0.5, 0.6) is 0 Å². The number of hydrogen-bond donors (Lipinski definition) is 3. The highest BCUT2D eigenvalue weighted by molar-refractivity contribution is 4.93. The molecule has 1 heterocycles. The highest BCUT2D eigenvalue weighted by Gasteiger charge is 2.38. The SMILES string of the molecule is C=C(C)CC(O)NCC1(CNC(C)C)COC1. The van der Waals surface area contributed by atoms with E-state index in [1.807, 2.05) is 6.92 Å². The zero-order chi connectivity index (χ0) is 12.9. The molecule has 0 aromatic carbocycles. The Labute approximate surface area is 104 Å². The maximum absolute atomic E-state index is 9.75. The first kappa shape index (κ1) is 14.6. The minimum absolute atomic E-state index is 0.139. The third-order valence-corrected chi connectivity index (χ3v) is 2.96. The fourth-order valence-electron chi connectivity index (χ4n) is 1.81. The van der Waals surface area contributed by atoms with Crippen LogP contribution in [0.1, 0.15) is 27.2 Å². The van der Waals surface area contributed by atoms with Crippen LogP contribution in [-0.4, -0.2) is 43.7 Å². The smallest absolute Gasteiger partial charge is 0.108 e. The lowest BCUT2D eigenvalue weighted by molar-refractivity contribution is -0.114. The van der Waals surface area contributed by atoms with Gasteiger partial charge in [-0.1, -0.05) is 26.0 Å². The number of hydrogen-bond acceptors (Lipinski definition) is 4. The van der Waals surface area contributed by atoms with Crippen molar-refractivity contribution >= 4 is 0 Å². The Hall–Kier alpha value is -0.420. The predicted molar refractivity (Wildman–Crippen MR) is 69.8 cm³/mol. The maximum Gasteiger partial charge on any atom is 0.108 e. The lowest BCUT2D eigenvalue weighted by atomic mass is 9.85. The molecule has 1 aliphatic rings. The standard InChI is InChI=1S/C13H26N2O2/c1-10(2)5-12(16)15-7-13(8-17-9-13)6-14-11(3)4/h11-12,14-16H,1,5-9H2,2-4H3. The summed E-state index contributed by atoms with van der Waals surface area (Å²) in [7, 11) is 0. The van der Waals surface area contributed by atoms with E-state index in [4.69, 9.17) is 4.74 Å². The van der Waals surface area contributed by atoms with Gasteiger partial charge >= 0.3 is 0 Å². The normalized spacial score (nSPS) is 20.1. The van der Waals surface area contributed by atoms with E-state index in [0.717, 1.165) is 31.9 Å². The molecule has 1 unspecified atom stereocenters. The van der Waals surface area contributed by atoms with Crippen molar-refractivity contribution in [1.82, 2.24) is 10.6 Å². The van der Waals surface area contributed by atoms with Crippen LogP contribution in [0.2, 0.25) is 0 Å². The topological polar surface area (TPSA) is 53.5 Å². The van der Waals surface area contributed by atoms with Crippen LogP contribution in [0.3, 0.4) is 0 Å². The summed E-state index contributed by atoms with van der Waals surface area (Å²) in [6.07, 6.45) is 0.109. The monoisotopic (exact) mass is 242 g/mol. The second-order valence-electron chi connectivity index (χ2n) is 5.59. The van der Waals surface area contributed by atoms with E-state index in [1.54, 1.807) is 0 Å². The number of rotatable bonds is 8. The first-order valence-corrected chi connectivity index (χ1v) is 6.30. The highest BCUT2D eigenvalue weighted by Crippen LogP contribution is 2.26. The van der Waals surface area contributed by atoms with Gasteiger partial charge in [0.25, 0.3) is 0 Å². The van der Waals surface area contributed by atoms with Gasteiger partial charge in [-0.25, -0.2) is 0 Å². The second-order valence-corrected chi connectivity index (χ2v) is 5.59. The molecule has 1 fully saturated rings. The molecular weight excluding hydrogens is 216 g/mol. The summed E-state index contributed by atoms with van der Waals surface area (Å²) >= 11 is 0. The van der Waals surface area contributed by atoms with Crippen molar-refractivity contribution < 1.29 is 9.84 Å². The van der Waals surface area contributed by atoms with Gasteiger partial charge in [-0.2, -0.15) is 0 Å². The van der Waals surface area contributed by atoms with Crippen LogP contribution in [0, 0.1) is 5.41 Å². The minimum atomic E-state index is -0.496. The molecule has 0 amide bonds. The molecule has 17 heavy (non-hydrogen) atoms. The molecule has 0 aromatic rings. The summed E-state index contributed by atoms with van der Waals surface area (Å²) in [5.41, 5.74) is 1.13. The number of aliphatic hydroxyl groups is 1. The quantitative estimate of drug-likeness (QED) is 0.437. The lowest BCUT2D eigenvalue weighted by Gasteiger charge is -2.42. The summed E-state index contributed by atoms with van der Waals surface area (Å²) in [5.74, 6) is 0. The molecule has 1 atom stereocenters. The van der Waals surface area contributed by atoms with Gasteiger partial charge in [0.1, 0.15) is 6.23 Å². The third-order valence-electron chi connectivity index (χ3n) is 2.96. The molecule has 3 N–H and O–H groups in total. The second kappa shape index (κ2) is 6.50. The molecule has 0 aromatic heterocycles. The molecule has 4 heteroatoms. The third kappa shape index (κ3) is 5.17. The van der Waals surface area contributed by atoms with Crippen LogP contribution in [0.25, 0.3) is 0 Å². The molecule has 0 bridgehead atoms. The molecule has 0 aliphatic carbocycles. The van der Waals surface area contributed by atoms with Crippen molar-refractivity contribution in [2.75, 3.05) is 26.3 Å². The van der Waals surface area contributed by atoms with Gasteiger partial charge in [0.05, 0.1) is 13.2 Å². The summed E-state index contributed by atoms with van der Waals surface area (Å²) in [6, 6.07) is 0.479. The minimum Gasteiger partial charge on any atom is -0.380 e. The van der Waals surface area contributed by atoms with Gasteiger partial charge in [-0.05, 0) is 6.92 Å². The predicted octanol–water partition coefficient (Wildman–Crippen LogP) is 0.875. The summed E-state index contributed by atoms with van der Waals surface area (Å²) < 4.78 is 5.30. The van der Waals surface area contributed by atoms with E-state index in [1.165, 1.54) is 0 Å². The van der Waals surface area contributed by atoms with Crippen LogP contribution in [-0.2, 0) is 4.74 Å². The van der Waals surface area contributed by atoms with Crippen molar-refractivity contribution in [3.05, 3.63) is 12.2 Å². The van der Waals surface area contributed by atoms with E-state index in [-0.39, 0.29) is 5.41 Å². The van der Waals surface area contributed by atoms with E-state index < -0.39 is 6.23 Å². The largest absolute Gasteiger partial charge is 0.380 e. The first-order valence-electron chi connectivity index (χ1n) is 6.30. The lowest BCUT2D eigenvalue weighted by Crippen LogP contribution is -2.57. The van der Waals surface area contributed by atoms with E-state index >= 15 is 0 Å². The molecular formula is C13H26N2O2. The molecule has 0 saturated carbocycles. The van der Waals surface area contributed by atoms with Crippen molar-refractivity contribution in [3.63, 3.8) is 0 Å². The van der Waals surface area contributed by atoms with E-state index in [0.29, 0.717) is 12.5 Å². The molecule has 4 nitrogen and oxygen atoms in total. The van der Waals surface area contributed by atoms with Crippen molar-refractivity contribution in [2.45, 2.75) is 39.5 Å². The van der Waals surface area contributed by atoms with Gasteiger partial charge in [0, 0.05) is 31.0 Å². The Morgan fingerprint density at radius 2 is 1.94 bits per heavy atom.